The maximum absolute atomic E-state index is 13.3. The second kappa shape index (κ2) is 10.9. The molecule has 0 spiro atoms. The fourth-order valence-electron chi connectivity index (χ4n) is 3.19. The second-order valence-corrected chi connectivity index (χ2v) is 9.39. The van der Waals surface area contributed by atoms with Crippen molar-refractivity contribution in [2.24, 2.45) is 0 Å². The number of halogens is 6. The number of rotatable bonds is 6. The first-order valence-corrected chi connectivity index (χ1v) is 10.8. The number of methoxy groups -OCH3 is 2. The van der Waals surface area contributed by atoms with Crippen LogP contribution in [0.5, 0.6) is 0 Å². The van der Waals surface area contributed by atoms with Gasteiger partial charge in [-0.3, -0.25) is 0 Å². The number of alkyl halides is 6. The molecule has 0 aliphatic heterocycles. The Morgan fingerprint density at radius 2 is 1.14 bits per heavy atom. The summed E-state index contributed by atoms with van der Waals surface area (Å²) < 4.78 is 89.5. The number of benzene rings is 2. The zero-order valence-corrected chi connectivity index (χ0v) is 21.3. The van der Waals surface area contributed by atoms with Crippen LogP contribution in [0.2, 0.25) is 0 Å². The lowest BCUT2D eigenvalue weighted by molar-refractivity contribution is -0.269. The standard InChI is InChI=1S/C15H18F6O2.C11H16O/c1-9-5-10(12(2,8-22)14(16,17)18)7-11(6-9)13(3,23-4)15(19,20)21;1-9-5-7-10(8-6-9)11(2,3)12-4/h5-7,22H,8H2,1-4H3;5-8H,1-4H3. The number of hydrogen-bond acceptors (Lipinski definition) is 3. The van der Waals surface area contributed by atoms with E-state index in [1.807, 2.05) is 0 Å². The van der Waals surface area contributed by atoms with Gasteiger partial charge < -0.3 is 14.6 Å². The minimum atomic E-state index is -4.82. The first kappa shape index (κ1) is 30.9. The molecule has 0 aromatic heterocycles. The van der Waals surface area contributed by atoms with Gasteiger partial charge in [0.1, 0.15) is 5.41 Å². The quantitative estimate of drug-likeness (QED) is 0.423. The van der Waals surface area contributed by atoms with Crippen LogP contribution < -0.4 is 0 Å². The SMILES string of the molecule is COC(C)(C)c1ccc(C)cc1.COC(C)(c1cc(C)cc(C(C)(CO)C(F)(F)F)c1)C(F)(F)F. The van der Waals surface area contributed by atoms with Gasteiger partial charge in [0.05, 0.1) is 12.2 Å². The number of ether oxygens (including phenoxy) is 2. The van der Waals surface area contributed by atoms with E-state index in [0.29, 0.717) is 0 Å². The van der Waals surface area contributed by atoms with Crippen LogP contribution in [0.3, 0.4) is 0 Å². The van der Waals surface area contributed by atoms with Crippen LogP contribution in [0.1, 0.15) is 55.5 Å². The average molecular weight is 509 g/mol. The van der Waals surface area contributed by atoms with Gasteiger partial charge in [-0.05, 0) is 58.2 Å². The van der Waals surface area contributed by atoms with E-state index < -0.39 is 41.1 Å². The molecule has 0 bridgehead atoms. The van der Waals surface area contributed by atoms with Crippen LogP contribution in [0.15, 0.2) is 42.5 Å². The molecule has 0 saturated heterocycles. The smallest absolute Gasteiger partial charge is 0.395 e. The summed E-state index contributed by atoms with van der Waals surface area (Å²) in [7, 11) is 2.57. The summed E-state index contributed by atoms with van der Waals surface area (Å²) in [5.74, 6) is 0. The Balaban J connectivity index is 0.000000427. The molecule has 0 fully saturated rings. The molecule has 198 valence electrons. The van der Waals surface area contributed by atoms with Crippen molar-refractivity contribution in [2.45, 2.75) is 70.5 Å². The number of hydrogen-bond donors (Lipinski definition) is 1. The molecular formula is C26H34F6O3. The molecule has 2 atom stereocenters. The Kier molecular flexibility index (Phi) is 9.62. The first-order valence-electron chi connectivity index (χ1n) is 10.8. The summed E-state index contributed by atoms with van der Waals surface area (Å²) in [6.45, 7) is 7.81. The van der Waals surface area contributed by atoms with Gasteiger partial charge in [-0.15, -0.1) is 0 Å². The summed E-state index contributed by atoms with van der Waals surface area (Å²) in [6.07, 6.45) is -9.64. The Bertz CT molecular complexity index is 920. The molecule has 2 rings (SSSR count). The maximum Gasteiger partial charge on any atom is 0.421 e. The van der Waals surface area contributed by atoms with Crippen molar-refractivity contribution in [3.63, 3.8) is 0 Å². The van der Waals surface area contributed by atoms with Crippen molar-refractivity contribution in [2.75, 3.05) is 20.8 Å². The van der Waals surface area contributed by atoms with Crippen LogP contribution in [-0.2, 0) is 26.1 Å². The highest BCUT2D eigenvalue weighted by Gasteiger charge is 2.55. The van der Waals surface area contributed by atoms with Crippen molar-refractivity contribution in [1.29, 1.82) is 0 Å². The van der Waals surface area contributed by atoms with E-state index in [9.17, 15) is 31.4 Å². The van der Waals surface area contributed by atoms with Crippen LogP contribution >= 0.6 is 0 Å². The van der Waals surface area contributed by atoms with Gasteiger partial charge in [0.15, 0.2) is 5.60 Å². The molecule has 2 unspecified atom stereocenters. The maximum atomic E-state index is 13.3. The molecular weight excluding hydrogens is 474 g/mol. The van der Waals surface area contributed by atoms with E-state index >= 15 is 0 Å². The Morgan fingerprint density at radius 1 is 0.657 bits per heavy atom. The van der Waals surface area contributed by atoms with Crippen molar-refractivity contribution in [1.82, 2.24) is 0 Å². The van der Waals surface area contributed by atoms with Crippen molar-refractivity contribution >= 4 is 0 Å². The van der Waals surface area contributed by atoms with Gasteiger partial charge in [0.2, 0.25) is 0 Å². The van der Waals surface area contributed by atoms with Crippen LogP contribution in [0.25, 0.3) is 0 Å². The van der Waals surface area contributed by atoms with Crippen molar-refractivity contribution in [3.8, 4) is 0 Å². The first-order chi connectivity index (χ1) is 15.8. The van der Waals surface area contributed by atoms with E-state index in [4.69, 9.17) is 4.74 Å². The normalized spacial score (nSPS) is 16.1. The predicted octanol–water partition coefficient (Wildman–Crippen LogP) is 7.11. The van der Waals surface area contributed by atoms with Crippen molar-refractivity contribution in [3.05, 3.63) is 70.3 Å². The lowest BCUT2D eigenvalue weighted by Crippen LogP contribution is -2.44. The molecule has 35 heavy (non-hydrogen) atoms. The Morgan fingerprint density at radius 3 is 1.51 bits per heavy atom. The Hall–Kier alpha value is -2.10. The third kappa shape index (κ3) is 6.77. The fraction of sp³-hybridized carbons (Fsp3) is 0.538. The van der Waals surface area contributed by atoms with Crippen LogP contribution in [-0.4, -0.2) is 38.3 Å². The van der Waals surface area contributed by atoms with Gasteiger partial charge in [-0.1, -0.05) is 53.6 Å². The molecule has 3 nitrogen and oxygen atoms in total. The minimum absolute atomic E-state index is 0.173. The van der Waals surface area contributed by atoms with E-state index in [-0.39, 0.29) is 11.2 Å². The molecule has 9 heteroatoms. The van der Waals surface area contributed by atoms with Gasteiger partial charge in [-0.2, -0.15) is 26.3 Å². The highest BCUT2D eigenvalue weighted by molar-refractivity contribution is 5.39. The second-order valence-electron chi connectivity index (χ2n) is 9.39. The minimum Gasteiger partial charge on any atom is -0.395 e. The monoisotopic (exact) mass is 508 g/mol. The molecule has 0 saturated carbocycles. The highest BCUT2D eigenvalue weighted by Crippen LogP contribution is 2.45. The molecule has 2 aromatic rings. The zero-order chi connectivity index (χ0) is 27.5. The molecule has 1 N–H and O–H groups in total. The third-order valence-corrected chi connectivity index (χ3v) is 6.41. The van der Waals surface area contributed by atoms with Gasteiger partial charge in [0, 0.05) is 14.2 Å². The summed E-state index contributed by atoms with van der Waals surface area (Å²) in [4.78, 5) is 0. The van der Waals surface area contributed by atoms with Gasteiger partial charge in [0.25, 0.3) is 0 Å². The highest BCUT2D eigenvalue weighted by atomic mass is 19.4. The molecule has 2 aromatic carbocycles. The largest absolute Gasteiger partial charge is 0.421 e. The molecule has 0 aliphatic rings. The number of aliphatic hydroxyl groups excluding tert-OH is 1. The number of aryl methyl sites for hydroxylation is 2. The zero-order valence-electron chi connectivity index (χ0n) is 21.3. The predicted molar refractivity (Wildman–Crippen MR) is 123 cm³/mol. The van der Waals surface area contributed by atoms with Crippen LogP contribution in [0, 0.1) is 13.8 Å². The topological polar surface area (TPSA) is 38.7 Å². The lowest BCUT2D eigenvalue weighted by Gasteiger charge is -2.35. The third-order valence-electron chi connectivity index (χ3n) is 6.41. The Labute approximate surface area is 203 Å². The number of aliphatic hydroxyl groups is 1. The lowest BCUT2D eigenvalue weighted by atomic mass is 9.79. The molecule has 0 heterocycles. The van der Waals surface area contributed by atoms with Crippen LogP contribution in [0.4, 0.5) is 26.3 Å². The fourth-order valence-corrected chi connectivity index (χ4v) is 3.19. The molecule has 0 aliphatic carbocycles. The van der Waals surface area contributed by atoms with Gasteiger partial charge in [-0.25, -0.2) is 0 Å². The summed E-state index contributed by atoms with van der Waals surface area (Å²) in [6, 6.07) is 11.5. The van der Waals surface area contributed by atoms with E-state index in [0.717, 1.165) is 39.2 Å². The summed E-state index contributed by atoms with van der Waals surface area (Å²) in [5.41, 5.74) is -3.80. The molecule has 0 radical (unpaired) electrons. The van der Waals surface area contributed by atoms with E-state index in [1.54, 1.807) is 7.11 Å². The van der Waals surface area contributed by atoms with Gasteiger partial charge >= 0.3 is 12.4 Å². The summed E-state index contributed by atoms with van der Waals surface area (Å²) in [5, 5.41) is 9.20. The summed E-state index contributed by atoms with van der Waals surface area (Å²) >= 11 is 0. The van der Waals surface area contributed by atoms with E-state index in [2.05, 4.69) is 49.8 Å². The average Bonchev–Trinajstić information content (AvgIpc) is 2.76. The molecule has 0 amide bonds. The van der Waals surface area contributed by atoms with Crippen molar-refractivity contribution < 1.29 is 40.9 Å². The van der Waals surface area contributed by atoms with E-state index in [1.165, 1.54) is 18.1 Å².